The highest BCUT2D eigenvalue weighted by Gasteiger charge is 2.44. The number of piperidine rings is 1. The normalized spacial score (nSPS) is 20.0. The van der Waals surface area contributed by atoms with Crippen molar-refractivity contribution >= 4 is 32.8 Å². The van der Waals surface area contributed by atoms with E-state index >= 15 is 0 Å². The third kappa shape index (κ3) is 4.87. The van der Waals surface area contributed by atoms with Gasteiger partial charge in [-0.25, -0.2) is 8.42 Å². The Kier molecular flexibility index (Phi) is 5.82. The Balaban J connectivity index is 1.40. The molecule has 1 spiro atoms. The zero-order chi connectivity index (χ0) is 23.1. The molecule has 33 heavy (non-hydrogen) atoms. The van der Waals surface area contributed by atoms with Crippen LogP contribution in [0, 0.1) is 5.41 Å². The number of anilines is 3. The van der Waals surface area contributed by atoms with E-state index in [9.17, 15) is 13.2 Å². The van der Waals surface area contributed by atoms with Gasteiger partial charge >= 0.3 is 0 Å². The molecule has 5 rings (SSSR count). The minimum Gasteiger partial charge on any atom is -0.378 e. The van der Waals surface area contributed by atoms with Crippen LogP contribution in [-0.4, -0.2) is 60.0 Å². The fraction of sp³-hybridized carbons (Fsp3) is 0.480. The van der Waals surface area contributed by atoms with Gasteiger partial charge in [-0.3, -0.25) is 4.79 Å². The Morgan fingerprint density at radius 1 is 0.939 bits per heavy atom. The summed E-state index contributed by atoms with van der Waals surface area (Å²) in [6, 6.07) is 12.7. The molecule has 0 bridgehead atoms. The fourth-order valence-corrected chi connectivity index (χ4v) is 5.54. The van der Waals surface area contributed by atoms with Crippen molar-refractivity contribution < 1.29 is 17.9 Å². The molecule has 0 radical (unpaired) electrons. The van der Waals surface area contributed by atoms with Crippen LogP contribution in [0.2, 0.25) is 0 Å². The van der Waals surface area contributed by atoms with Crippen molar-refractivity contribution in [2.24, 2.45) is 5.41 Å². The molecule has 2 saturated heterocycles. The van der Waals surface area contributed by atoms with E-state index in [4.69, 9.17) is 4.74 Å². The van der Waals surface area contributed by atoms with Crippen molar-refractivity contribution in [1.82, 2.24) is 0 Å². The monoisotopic (exact) mass is 469 g/mol. The lowest BCUT2D eigenvalue weighted by Gasteiger charge is -2.35. The SMILES string of the molecule is CS(=O)(=O)c1ccc(C(=O)Nc2cccc(N3CCOCC3)c2)c(N2CCC3(CC2)CC3)c1. The van der Waals surface area contributed by atoms with Gasteiger partial charge in [0.25, 0.3) is 5.91 Å². The standard InChI is InChI=1S/C25H31N3O4S/c1-33(30,31)21-5-6-22(23(18-21)28-11-9-25(7-8-25)10-12-28)24(29)26-19-3-2-4-20(17-19)27-13-15-32-16-14-27/h2-6,17-18H,7-16H2,1H3,(H,26,29). The minimum absolute atomic E-state index is 0.226. The molecular weight excluding hydrogens is 438 g/mol. The molecule has 1 amide bonds. The molecule has 2 heterocycles. The number of carbonyl (C=O) groups is 1. The number of benzene rings is 2. The molecule has 2 aromatic rings. The number of rotatable bonds is 5. The molecule has 1 aliphatic carbocycles. The van der Waals surface area contributed by atoms with Crippen LogP contribution in [0.1, 0.15) is 36.0 Å². The topological polar surface area (TPSA) is 79.0 Å². The number of morpholine rings is 1. The third-order valence-corrected chi connectivity index (χ3v) is 8.35. The largest absolute Gasteiger partial charge is 0.378 e. The quantitative estimate of drug-likeness (QED) is 0.722. The first kappa shape index (κ1) is 22.2. The Labute approximate surface area is 195 Å². The van der Waals surface area contributed by atoms with Crippen LogP contribution < -0.4 is 15.1 Å². The average Bonchev–Trinajstić information content (AvgIpc) is 3.58. The molecule has 0 aromatic heterocycles. The van der Waals surface area contributed by atoms with Crippen molar-refractivity contribution in [3.8, 4) is 0 Å². The van der Waals surface area contributed by atoms with E-state index in [0.29, 0.717) is 29.9 Å². The van der Waals surface area contributed by atoms with E-state index in [1.807, 2.05) is 24.3 Å². The van der Waals surface area contributed by atoms with Crippen LogP contribution in [-0.2, 0) is 14.6 Å². The summed E-state index contributed by atoms with van der Waals surface area (Å²) in [7, 11) is -3.37. The predicted octanol–water partition coefficient (Wildman–Crippen LogP) is 3.56. The summed E-state index contributed by atoms with van der Waals surface area (Å²) in [5, 5.41) is 3.03. The zero-order valence-electron chi connectivity index (χ0n) is 19.0. The summed E-state index contributed by atoms with van der Waals surface area (Å²) in [5.41, 5.74) is 3.47. The lowest BCUT2D eigenvalue weighted by Crippen LogP contribution is -2.36. The molecule has 0 unspecified atom stereocenters. The number of nitrogens with zero attached hydrogens (tertiary/aromatic N) is 2. The third-order valence-electron chi connectivity index (χ3n) is 7.24. The highest BCUT2D eigenvalue weighted by Crippen LogP contribution is 2.54. The molecule has 2 aromatic carbocycles. The molecule has 3 aliphatic rings. The molecular formula is C25H31N3O4S. The lowest BCUT2D eigenvalue weighted by molar-refractivity contribution is 0.102. The Hall–Kier alpha value is -2.58. The van der Waals surface area contributed by atoms with Crippen molar-refractivity contribution in [1.29, 1.82) is 0 Å². The van der Waals surface area contributed by atoms with Gasteiger partial charge < -0.3 is 19.9 Å². The van der Waals surface area contributed by atoms with Gasteiger partial charge in [-0.2, -0.15) is 0 Å². The molecule has 8 heteroatoms. The van der Waals surface area contributed by atoms with Crippen LogP contribution >= 0.6 is 0 Å². The zero-order valence-corrected chi connectivity index (χ0v) is 19.9. The highest BCUT2D eigenvalue weighted by molar-refractivity contribution is 7.90. The van der Waals surface area contributed by atoms with E-state index in [2.05, 4.69) is 15.1 Å². The first-order valence-electron chi connectivity index (χ1n) is 11.7. The van der Waals surface area contributed by atoms with Gasteiger partial charge in [0.15, 0.2) is 9.84 Å². The first-order chi connectivity index (χ1) is 15.8. The predicted molar refractivity (Wildman–Crippen MR) is 130 cm³/mol. The van der Waals surface area contributed by atoms with E-state index < -0.39 is 9.84 Å². The summed E-state index contributed by atoms with van der Waals surface area (Å²) in [6.07, 6.45) is 5.98. The van der Waals surface area contributed by atoms with Gasteiger partial charge in [0.05, 0.1) is 29.4 Å². The number of nitrogens with one attached hydrogen (secondary N) is 1. The molecule has 1 N–H and O–H groups in total. The number of carbonyl (C=O) groups excluding carboxylic acids is 1. The smallest absolute Gasteiger partial charge is 0.257 e. The first-order valence-corrected chi connectivity index (χ1v) is 13.6. The van der Waals surface area contributed by atoms with E-state index in [1.54, 1.807) is 12.1 Å². The number of hydrogen-bond donors (Lipinski definition) is 1. The summed E-state index contributed by atoms with van der Waals surface area (Å²) < 4.78 is 29.9. The summed E-state index contributed by atoms with van der Waals surface area (Å²) >= 11 is 0. The molecule has 7 nitrogen and oxygen atoms in total. The van der Waals surface area contributed by atoms with Gasteiger partial charge in [0.2, 0.25) is 0 Å². The number of ether oxygens (including phenoxy) is 1. The number of sulfone groups is 1. The molecule has 3 fully saturated rings. The fourth-order valence-electron chi connectivity index (χ4n) is 4.89. The van der Waals surface area contributed by atoms with Crippen LogP contribution in [0.4, 0.5) is 17.1 Å². The Bertz CT molecular complexity index is 1140. The van der Waals surface area contributed by atoms with E-state index in [-0.39, 0.29) is 10.8 Å². The van der Waals surface area contributed by atoms with Gasteiger partial charge in [-0.05, 0) is 67.5 Å². The highest BCUT2D eigenvalue weighted by atomic mass is 32.2. The summed E-state index contributed by atoms with van der Waals surface area (Å²) in [4.78, 5) is 18.0. The molecule has 1 saturated carbocycles. The van der Waals surface area contributed by atoms with Gasteiger partial charge in [-0.15, -0.1) is 0 Å². The summed E-state index contributed by atoms with van der Waals surface area (Å²) in [6.45, 7) is 4.74. The van der Waals surface area contributed by atoms with Crippen LogP contribution in [0.3, 0.4) is 0 Å². The van der Waals surface area contributed by atoms with Crippen LogP contribution in [0.15, 0.2) is 47.4 Å². The summed E-state index contributed by atoms with van der Waals surface area (Å²) in [5.74, 6) is -0.226. The van der Waals surface area contributed by atoms with Gasteiger partial charge in [0.1, 0.15) is 0 Å². The van der Waals surface area contributed by atoms with E-state index in [1.165, 1.54) is 25.2 Å². The van der Waals surface area contributed by atoms with Crippen molar-refractivity contribution in [3.63, 3.8) is 0 Å². The van der Waals surface area contributed by atoms with Crippen LogP contribution in [0.5, 0.6) is 0 Å². The maximum Gasteiger partial charge on any atom is 0.257 e. The van der Waals surface area contributed by atoms with Gasteiger partial charge in [-0.1, -0.05) is 6.07 Å². The van der Waals surface area contributed by atoms with E-state index in [0.717, 1.165) is 50.4 Å². The Morgan fingerprint density at radius 3 is 2.33 bits per heavy atom. The molecule has 2 aliphatic heterocycles. The molecule has 0 atom stereocenters. The minimum atomic E-state index is -3.37. The maximum absolute atomic E-state index is 13.3. The van der Waals surface area contributed by atoms with Crippen molar-refractivity contribution in [2.75, 3.05) is 60.8 Å². The van der Waals surface area contributed by atoms with Crippen molar-refractivity contribution in [2.45, 2.75) is 30.6 Å². The Morgan fingerprint density at radius 2 is 1.67 bits per heavy atom. The lowest BCUT2D eigenvalue weighted by atomic mass is 9.93. The van der Waals surface area contributed by atoms with Crippen LogP contribution in [0.25, 0.3) is 0 Å². The average molecular weight is 470 g/mol. The number of hydrogen-bond acceptors (Lipinski definition) is 6. The second-order valence-electron chi connectivity index (χ2n) is 9.54. The second-order valence-corrected chi connectivity index (χ2v) is 11.6. The number of amides is 1. The second kappa shape index (κ2) is 8.65. The maximum atomic E-state index is 13.3. The molecule has 176 valence electrons. The van der Waals surface area contributed by atoms with Crippen molar-refractivity contribution in [3.05, 3.63) is 48.0 Å². The van der Waals surface area contributed by atoms with Gasteiger partial charge in [0, 0.05) is 43.8 Å².